The molecule has 0 spiro atoms. The molecule has 0 amide bonds. The number of hydrogen-bond acceptors (Lipinski definition) is 2. The molecule has 116 valence electrons. The molecule has 2 heteroatoms. The number of nitrogens with zero attached hydrogens (tertiary/aromatic N) is 1. The van der Waals surface area contributed by atoms with E-state index in [-0.39, 0.29) is 0 Å². The smallest absolute Gasteiger partial charge is 0.137 e. The fraction of sp³-hybridized carbons (Fsp3) is 0.944. The van der Waals surface area contributed by atoms with Gasteiger partial charge in [0.05, 0.1) is 0 Å². The van der Waals surface area contributed by atoms with Gasteiger partial charge < -0.3 is 0 Å². The molecule has 0 aromatic rings. The maximum absolute atomic E-state index is 12.3. The maximum atomic E-state index is 12.3. The van der Waals surface area contributed by atoms with Crippen LogP contribution in [0.2, 0.25) is 0 Å². The third-order valence-corrected chi connectivity index (χ3v) is 5.69. The van der Waals surface area contributed by atoms with E-state index in [4.69, 9.17) is 0 Å². The summed E-state index contributed by atoms with van der Waals surface area (Å²) in [5.74, 6) is 1.54. The van der Waals surface area contributed by atoms with Gasteiger partial charge in [-0.1, -0.05) is 40.5 Å². The van der Waals surface area contributed by atoms with Crippen LogP contribution in [-0.2, 0) is 4.79 Å². The first-order chi connectivity index (χ1) is 9.41. The van der Waals surface area contributed by atoms with Crippen molar-refractivity contribution in [3.05, 3.63) is 0 Å². The monoisotopic (exact) mass is 279 g/mol. The van der Waals surface area contributed by atoms with Crippen LogP contribution in [0.3, 0.4) is 0 Å². The van der Waals surface area contributed by atoms with Gasteiger partial charge in [-0.15, -0.1) is 0 Å². The molecule has 0 aromatic carbocycles. The summed E-state index contributed by atoms with van der Waals surface area (Å²) < 4.78 is 0. The van der Waals surface area contributed by atoms with Gasteiger partial charge in [0, 0.05) is 24.9 Å². The van der Waals surface area contributed by atoms with Gasteiger partial charge in [0.15, 0.2) is 0 Å². The molecule has 0 heterocycles. The Morgan fingerprint density at radius 2 is 1.80 bits per heavy atom. The molecule has 0 N–H and O–H groups in total. The average Bonchev–Trinajstić information content (AvgIpc) is 2.90. The first kappa shape index (κ1) is 16.0. The first-order valence-corrected chi connectivity index (χ1v) is 8.68. The summed E-state index contributed by atoms with van der Waals surface area (Å²) in [6.07, 6.45) is 8.48. The van der Waals surface area contributed by atoms with Crippen molar-refractivity contribution < 1.29 is 4.79 Å². The van der Waals surface area contributed by atoms with E-state index < -0.39 is 0 Å². The number of rotatable bonds is 4. The molecule has 0 bridgehead atoms. The quantitative estimate of drug-likeness (QED) is 0.765. The molecule has 2 aliphatic rings. The second kappa shape index (κ2) is 6.60. The Balaban J connectivity index is 1.96. The van der Waals surface area contributed by atoms with Crippen LogP contribution < -0.4 is 0 Å². The van der Waals surface area contributed by atoms with E-state index in [0.717, 1.165) is 38.4 Å². The van der Waals surface area contributed by atoms with Crippen molar-refractivity contribution in [3.63, 3.8) is 0 Å². The van der Waals surface area contributed by atoms with Crippen molar-refractivity contribution in [2.24, 2.45) is 17.3 Å². The molecule has 2 unspecified atom stereocenters. The topological polar surface area (TPSA) is 20.3 Å². The van der Waals surface area contributed by atoms with E-state index >= 15 is 0 Å². The highest BCUT2D eigenvalue weighted by Crippen LogP contribution is 2.39. The lowest BCUT2D eigenvalue weighted by Gasteiger charge is -2.39. The van der Waals surface area contributed by atoms with Crippen LogP contribution in [0.25, 0.3) is 0 Å². The van der Waals surface area contributed by atoms with Crippen LogP contribution in [0, 0.1) is 17.3 Å². The third kappa shape index (κ3) is 3.84. The van der Waals surface area contributed by atoms with Crippen molar-refractivity contribution in [2.75, 3.05) is 13.1 Å². The summed E-state index contributed by atoms with van der Waals surface area (Å²) in [4.78, 5) is 14.9. The summed E-state index contributed by atoms with van der Waals surface area (Å²) in [6, 6.07) is 0.753. The minimum atomic E-state index is 0.300. The van der Waals surface area contributed by atoms with Gasteiger partial charge in [-0.25, -0.2) is 0 Å². The molecule has 2 aliphatic carbocycles. The molecular weight excluding hydrogens is 246 g/mol. The van der Waals surface area contributed by atoms with Gasteiger partial charge in [-0.3, -0.25) is 9.69 Å². The minimum absolute atomic E-state index is 0.300. The summed E-state index contributed by atoms with van der Waals surface area (Å²) in [5.41, 5.74) is 0.351. The van der Waals surface area contributed by atoms with Crippen LogP contribution in [0.5, 0.6) is 0 Å². The predicted octanol–water partition coefficient (Wildman–Crippen LogP) is 4.28. The van der Waals surface area contributed by atoms with Gasteiger partial charge in [-0.05, 0) is 43.6 Å². The Morgan fingerprint density at radius 1 is 1.15 bits per heavy atom. The molecule has 0 aromatic heterocycles. The summed E-state index contributed by atoms with van der Waals surface area (Å²) >= 11 is 0. The largest absolute Gasteiger partial charge is 0.300 e. The van der Waals surface area contributed by atoms with Crippen molar-refractivity contribution in [1.82, 2.24) is 4.90 Å². The van der Waals surface area contributed by atoms with Crippen LogP contribution in [-0.4, -0.2) is 29.8 Å². The second-order valence-electron chi connectivity index (χ2n) is 8.03. The fourth-order valence-electron chi connectivity index (χ4n) is 4.17. The summed E-state index contributed by atoms with van der Waals surface area (Å²) in [7, 11) is 0. The minimum Gasteiger partial charge on any atom is -0.300 e. The van der Waals surface area contributed by atoms with Gasteiger partial charge in [0.25, 0.3) is 0 Å². The first-order valence-electron chi connectivity index (χ1n) is 8.68. The summed E-state index contributed by atoms with van der Waals surface area (Å²) in [6.45, 7) is 11.4. The zero-order valence-corrected chi connectivity index (χ0v) is 14.0. The molecule has 2 nitrogen and oxygen atoms in total. The van der Waals surface area contributed by atoms with Crippen molar-refractivity contribution in [1.29, 1.82) is 0 Å². The van der Waals surface area contributed by atoms with Crippen molar-refractivity contribution in [2.45, 2.75) is 78.7 Å². The Labute approximate surface area is 125 Å². The molecule has 2 atom stereocenters. The zero-order valence-electron chi connectivity index (χ0n) is 14.0. The maximum Gasteiger partial charge on any atom is 0.137 e. The number of carbonyl (C=O) groups is 1. The van der Waals surface area contributed by atoms with Crippen molar-refractivity contribution in [3.8, 4) is 0 Å². The zero-order chi connectivity index (χ0) is 14.8. The van der Waals surface area contributed by atoms with Crippen LogP contribution in [0.1, 0.15) is 72.6 Å². The van der Waals surface area contributed by atoms with Gasteiger partial charge >= 0.3 is 0 Å². The highest BCUT2D eigenvalue weighted by atomic mass is 16.1. The van der Waals surface area contributed by atoms with Gasteiger partial charge in [-0.2, -0.15) is 0 Å². The number of hydrogen-bond donors (Lipinski definition) is 0. The Bertz CT molecular complexity index is 325. The van der Waals surface area contributed by atoms with E-state index in [1.54, 1.807) is 0 Å². The lowest BCUT2D eigenvalue weighted by atomic mass is 9.68. The molecule has 2 fully saturated rings. The molecule has 0 radical (unpaired) electrons. The average molecular weight is 279 g/mol. The number of carbonyl (C=O) groups excluding carboxylic acids is 1. The van der Waals surface area contributed by atoms with E-state index in [1.165, 1.54) is 25.7 Å². The molecule has 2 rings (SSSR count). The van der Waals surface area contributed by atoms with E-state index in [0.29, 0.717) is 23.0 Å². The molecule has 0 aliphatic heterocycles. The Morgan fingerprint density at radius 3 is 2.35 bits per heavy atom. The van der Waals surface area contributed by atoms with Crippen molar-refractivity contribution >= 4 is 5.78 Å². The Hall–Kier alpha value is -0.370. The number of ketones is 1. The molecule has 20 heavy (non-hydrogen) atoms. The van der Waals surface area contributed by atoms with Crippen LogP contribution in [0.15, 0.2) is 0 Å². The highest BCUT2D eigenvalue weighted by Gasteiger charge is 2.36. The third-order valence-electron chi connectivity index (χ3n) is 5.69. The standard InChI is InChI=1S/C18H33NO/c1-5-19(16-8-6-7-9-16)13-14-12-15(18(2,3)4)10-11-17(14)20/h14-16H,5-13H2,1-4H3. The molecule has 0 saturated heterocycles. The van der Waals surface area contributed by atoms with Gasteiger partial charge in [0.2, 0.25) is 0 Å². The SMILES string of the molecule is CCN(CC1CC(C(C)(C)C)CCC1=O)C1CCCC1. The van der Waals surface area contributed by atoms with E-state index in [2.05, 4.69) is 32.6 Å². The molecular formula is C18H33NO. The van der Waals surface area contributed by atoms with Crippen LogP contribution in [0.4, 0.5) is 0 Å². The van der Waals surface area contributed by atoms with Crippen LogP contribution >= 0.6 is 0 Å². The van der Waals surface area contributed by atoms with E-state index in [9.17, 15) is 4.79 Å². The molecule has 2 saturated carbocycles. The lowest BCUT2D eigenvalue weighted by molar-refractivity contribution is -0.127. The fourth-order valence-corrected chi connectivity index (χ4v) is 4.17. The lowest BCUT2D eigenvalue weighted by Crippen LogP contribution is -2.42. The summed E-state index contributed by atoms with van der Waals surface area (Å²) in [5, 5.41) is 0. The van der Waals surface area contributed by atoms with E-state index in [1.807, 2.05) is 0 Å². The predicted molar refractivity (Wildman–Crippen MR) is 84.8 cm³/mol. The second-order valence-corrected chi connectivity index (χ2v) is 8.03. The number of Topliss-reactive ketones (excluding diaryl/α,β-unsaturated/α-hetero) is 1. The highest BCUT2D eigenvalue weighted by molar-refractivity contribution is 5.82. The Kier molecular flexibility index (Phi) is 5.28. The normalized spacial score (nSPS) is 29.4. The van der Waals surface area contributed by atoms with Gasteiger partial charge in [0.1, 0.15) is 5.78 Å².